The van der Waals surface area contributed by atoms with Crippen LogP contribution in [0.2, 0.25) is 0 Å². The summed E-state index contributed by atoms with van der Waals surface area (Å²) in [5.74, 6) is -0.101. The average molecular weight is 213 g/mol. The number of likely N-dealkylation sites (tertiary alicyclic amines) is 1. The fraction of sp³-hybridized carbons (Fsp3) is 0.818. The van der Waals surface area contributed by atoms with Crippen molar-refractivity contribution in [3.05, 3.63) is 0 Å². The van der Waals surface area contributed by atoms with Crippen LogP contribution in [0.15, 0.2) is 0 Å². The summed E-state index contributed by atoms with van der Waals surface area (Å²) in [6, 6.07) is 0. The van der Waals surface area contributed by atoms with Gasteiger partial charge in [-0.3, -0.25) is 9.59 Å². The van der Waals surface area contributed by atoms with Gasteiger partial charge in [0.1, 0.15) is 12.2 Å². The molecule has 1 heterocycles. The SMILES string of the molecule is CC(=O)CC(=O)OCC1CCCN(C)C1. The van der Waals surface area contributed by atoms with Gasteiger partial charge in [0.2, 0.25) is 0 Å². The lowest BCUT2D eigenvalue weighted by atomic mass is 10.00. The van der Waals surface area contributed by atoms with E-state index in [-0.39, 0.29) is 12.2 Å². The molecule has 1 fully saturated rings. The second-order valence-electron chi connectivity index (χ2n) is 4.33. The Kier molecular flexibility index (Phi) is 4.75. The number of ether oxygens (including phenoxy) is 1. The fourth-order valence-corrected chi connectivity index (χ4v) is 1.87. The molecule has 1 atom stereocenters. The molecule has 0 N–H and O–H groups in total. The van der Waals surface area contributed by atoms with Crippen molar-refractivity contribution in [1.29, 1.82) is 0 Å². The third kappa shape index (κ3) is 4.93. The average Bonchev–Trinajstić information content (AvgIpc) is 2.14. The number of piperidine rings is 1. The molecule has 0 amide bonds. The van der Waals surface area contributed by atoms with Gasteiger partial charge < -0.3 is 9.64 Å². The van der Waals surface area contributed by atoms with Gasteiger partial charge in [0.15, 0.2) is 0 Å². The van der Waals surface area contributed by atoms with Crippen LogP contribution in [0.1, 0.15) is 26.2 Å². The monoisotopic (exact) mass is 213 g/mol. The second-order valence-corrected chi connectivity index (χ2v) is 4.33. The first kappa shape index (κ1) is 12.2. The molecule has 0 bridgehead atoms. The van der Waals surface area contributed by atoms with Gasteiger partial charge >= 0.3 is 5.97 Å². The summed E-state index contributed by atoms with van der Waals surface area (Å²) in [5, 5.41) is 0. The molecular weight excluding hydrogens is 194 g/mol. The Morgan fingerprint density at radius 2 is 2.20 bits per heavy atom. The first-order valence-corrected chi connectivity index (χ1v) is 5.41. The van der Waals surface area contributed by atoms with Crippen molar-refractivity contribution in [3.63, 3.8) is 0 Å². The molecular formula is C11H19NO3. The Hall–Kier alpha value is -0.900. The van der Waals surface area contributed by atoms with Crippen molar-refractivity contribution in [1.82, 2.24) is 4.90 Å². The van der Waals surface area contributed by atoms with Gasteiger partial charge in [-0.15, -0.1) is 0 Å². The number of esters is 1. The summed E-state index contributed by atoms with van der Waals surface area (Å²) in [5.41, 5.74) is 0. The van der Waals surface area contributed by atoms with Crippen molar-refractivity contribution < 1.29 is 14.3 Å². The van der Waals surface area contributed by atoms with E-state index in [9.17, 15) is 9.59 Å². The van der Waals surface area contributed by atoms with Gasteiger partial charge in [-0.05, 0) is 33.4 Å². The van der Waals surface area contributed by atoms with E-state index >= 15 is 0 Å². The quantitative estimate of drug-likeness (QED) is 0.513. The molecule has 1 saturated heterocycles. The number of Topliss-reactive ketones (excluding diaryl/α,β-unsaturated/α-hetero) is 1. The van der Waals surface area contributed by atoms with E-state index in [0.717, 1.165) is 25.9 Å². The van der Waals surface area contributed by atoms with E-state index in [1.54, 1.807) is 0 Å². The van der Waals surface area contributed by atoms with Crippen LogP contribution in [0.25, 0.3) is 0 Å². The lowest BCUT2D eigenvalue weighted by molar-refractivity contribution is -0.147. The van der Waals surface area contributed by atoms with Crippen LogP contribution < -0.4 is 0 Å². The minimum atomic E-state index is -0.393. The maximum absolute atomic E-state index is 11.1. The molecule has 1 unspecified atom stereocenters. The third-order valence-corrected chi connectivity index (χ3v) is 2.60. The largest absolute Gasteiger partial charge is 0.465 e. The lowest BCUT2D eigenvalue weighted by Gasteiger charge is -2.29. The highest BCUT2D eigenvalue weighted by Crippen LogP contribution is 2.15. The van der Waals surface area contributed by atoms with Crippen molar-refractivity contribution in [2.45, 2.75) is 26.2 Å². The highest BCUT2D eigenvalue weighted by atomic mass is 16.5. The fourth-order valence-electron chi connectivity index (χ4n) is 1.87. The molecule has 4 nitrogen and oxygen atoms in total. The maximum atomic E-state index is 11.1. The predicted octanol–water partition coefficient (Wildman–Crippen LogP) is 0.851. The van der Waals surface area contributed by atoms with E-state index in [4.69, 9.17) is 4.74 Å². The molecule has 15 heavy (non-hydrogen) atoms. The van der Waals surface area contributed by atoms with E-state index in [1.165, 1.54) is 6.92 Å². The molecule has 0 aromatic rings. The Morgan fingerprint density at radius 1 is 1.47 bits per heavy atom. The van der Waals surface area contributed by atoms with E-state index in [2.05, 4.69) is 11.9 Å². The van der Waals surface area contributed by atoms with Gasteiger partial charge in [0.05, 0.1) is 6.61 Å². The van der Waals surface area contributed by atoms with E-state index < -0.39 is 5.97 Å². The zero-order valence-corrected chi connectivity index (χ0v) is 9.49. The van der Waals surface area contributed by atoms with Crippen LogP contribution in [0.3, 0.4) is 0 Å². The van der Waals surface area contributed by atoms with Gasteiger partial charge in [0, 0.05) is 12.5 Å². The zero-order chi connectivity index (χ0) is 11.3. The summed E-state index contributed by atoms with van der Waals surface area (Å²) >= 11 is 0. The third-order valence-electron chi connectivity index (χ3n) is 2.60. The van der Waals surface area contributed by atoms with Crippen molar-refractivity contribution >= 4 is 11.8 Å². The number of hydrogen-bond acceptors (Lipinski definition) is 4. The van der Waals surface area contributed by atoms with Crippen LogP contribution in [-0.4, -0.2) is 43.4 Å². The van der Waals surface area contributed by atoms with Crippen molar-refractivity contribution in [3.8, 4) is 0 Å². The summed E-state index contributed by atoms with van der Waals surface area (Å²) in [7, 11) is 2.07. The highest BCUT2D eigenvalue weighted by molar-refractivity contribution is 5.94. The Balaban J connectivity index is 2.18. The smallest absolute Gasteiger partial charge is 0.313 e. The molecule has 0 aromatic carbocycles. The Labute approximate surface area is 90.6 Å². The van der Waals surface area contributed by atoms with Gasteiger partial charge in [-0.1, -0.05) is 0 Å². The standard InChI is InChI=1S/C11H19NO3/c1-9(13)6-11(14)15-8-10-4-3-5-12(2)7-10/h10H,3-8H2,1-2H3. The normalized spacial score (nSPS) is 22.4. The van der Waals surface area contributed by atoms with Crippen molar-refractivity contribution in [2.24, 2.45) is 5.92 Å². The molecule has 4 heteroatoms. The van der Waals surface area contributed by atoms with Gasteiger partial charge in [0.25, 0.3) is 0 Å². The number of carbonyl (C=O) groups excluding carboxylic acids is 2. The Bertz CT molecular complexity index is 240. The molecule has 1 rings (SSSR count). The molecule has 0 spiro atoms. The summed E-state index contributed by atoms with van der Waals surface area (Å²) in [6.07, 6.45) is 2.17. The maximum Gasteiger partial charge on any atom is 0.313 e. The summed E-state index contributed by atoms with van der Waals surface area (Å²) < 4.78 is 5.05. The second kappa shape index (κ2) is 5.85. The highest BCUT2D eigenvalue weighted by Gasteiger charge is 2.18. The molecule has 0 radical (unpaired) electrons. The van der Waals surface area contributed by atoms with Crippen LogP contribution in [-0.2, 0) is 14.3 Å². The number of nitrogens with zero attached hydrogens (tertiary/aromatic N) is 1. The lowest BCUT2D eigenvalue weighted by Crippen LogP contribution is -2.34. The molecule has 0 aliphatic carbocycles. The zero-order valence-electron chi connectivity index (χ0n) is 9.49. The topological polar surface area (TPSA) is 46.6 Å². The summed E-state index contributed by atoms with van der Waals surface area (Å²) in [4.78, 5) is 24.0. The van der Waals surface area contributed by atoms with E-state index in [0.29, 0.717) is 12.5 Å². The number of rotatable bonds is 4. The van der Waals surface area contributed by atoms with Crippen LogP contribution in [0, 0.1) is 5.92 Å². The first-order chi connectivity index (χ1) is 7.08. The molecule has 1 aliphatic rings. The molecule has 1 aliphatic heterocycles. The predicted molar refractivity (Wildman–Crippen MR) is 56.5 cm³/mol. The number of ketones is 1. The van der Waals surface area contributed by atoms with Gasteiger partial charge in [-0.2, -0.15) is 0 Å². The number of carbonyl (C=O) groups is 2. The minimum absolute atomic E-state index is 0.0947. The number of hydrogen-bond donors (Lipinski definition) is 0. The summed E-state index contributed by atoms with van der Waals surface area (Å²) in [6.45, 7) is 3.96. The van der Waals surface area contributed by atoms with E-state index in [1.807, 2.05) is 0 Å². The first-order valence-electron chi connectivity index (χ1n) is 5.41. The molecule has 0 saturated carbocycles. The molecule has 0 aromatic heterocycles. The van der Waals surface area contributed by atoms with Crippen LogP contribution in [0.5, 0.6) is 0 Å². The van der Waals surface area contributed by atoms with Crippen LogP contribution in [0.4, 0.5) is 0 Å². The Morgan fingerprint density at radius 3 is 2.80 bits per heavy atom. The van der Waals surface area contributed by atoms with Crippen molar-refractivity contribution in [2.75, 3.05) is 26.7 Å². The van der Waals surface area contributed by atoms with Gasteiger partial charge in [-0.25, -0.2) is 0 Å². The minimum Gasteiger partial charge on any atom is -0.465 e. The van der Waals surface area contributed by atoms with Crippen LogP contribution >= 0.6 is 0 Å². The molecule has 86 valence electrons.